The van der Waals surface area contributed by atoms with Crippen LogP contribution in [0.1, 0.15) is 16.8 Å². The average molecular weight is 703 g/mol. The van der Waals surface area contributed by atoms with E-state index < -0.39 is 35.5 Å². The van der Waals surface area contributed by atoms with E-state index in [1.54, 1.807) is 4.90 Å². The third-order valence-corrected chi connectivity index (χ3v) is 8.07. The molecule has 2 aromatic heterocycles. The largest absolute Gasteiger partial charge is 0.494 e. The number of fused-ring (bicyclic) bond motifs is 1. The Labute approximate surface area is 278 Å². The van der Waals surface area contributed by atoms with Gasteiger partial charge in [0.1, 0.15) is 5.82 Å². The van der Waals surface area contributed by atoms with Crippen LogP contribution >= 0.6 is 36.4 Å². The van der Waals surface area contributed by atoms with Gasteiger partial charge in [-0.2, -0.15) is 4.39 Å². The number of piperazine rings is 1. The number of aromatic nitrogens is 3. The number of amides is 2. The number of carbonyl (C=O) groups is 2. The topological polar surface area (TPSA) is 124 Å². The van der Waals surface area contributed by atoms with Crippen molar-refractivity contribution in [1.29, 1.82) is 0 Å². The highest BCUT2D eigenvalue weighted by Crippen LogP contribution is 2.33. The zero-order chi connectivity index (χ0) is 31.1. The molecule has 2 fully saturated rings. The second-order valence-electron chi connectivity index (χ2n) is 10.5. The van der Waals surface area contributed by atoms with Gasteiger partial charge in [-0.3, -0.25) is 14.0 Å². The molecule has 2 atom stereocenters. The van der Waals surface area contributed by atoms with Crippen molar-refractivity contribution in [3.63, 3.8) is 0 Å². The van der Waals surface area contributed by atoms with Gasteiger partial charge in [0.25, 0.3) is 5.91 Å². The predicted octanol–water partition coefficient (Wildman–Crippen LogP) is 4.07. The number of hydrogen-bond acceptors (Lipinski definition) is 8. The zero-order valence-corrected chi connectivity index (χ0v) is 26.6. The monoisotopic (exact) mass is 701 g/mol. The number of ether oxygens (including phenoxy) is 1. The van der Waals surface area contributed by atoms with E-state index in [2.05, 4.69) is 20.6 Å². The first kappa shape index (κ1) is 35.0. The summed E-state index contributed by atoms with van der Waals surface area (Å²) in [6, 6.07) is 4.70. The number of β-amino-alcohol motifs (C(OH)–C–C–N with tert-alkyl or cyclic N) is 1. The molecule has 0 bridgehead atoms. The molecular formula is C29H29Cl3F3N7O4. The Bertz CT molecular complexity index is 1750. The van der Waals surface area contributed by atoms with Gasteiger partial charge in [-0.05, 0) is 30.7 Å². The van der Waals surface area contributed by atoms with Crippen LogP contribution in [0.4, 0.5) is 24.7 Å². The Kier molecular flexibility index (Phi) is 10.9. The third kappa shape index (κ3) is 6.53. The number of hydrogen-bond donors (Lipinski definition) is 3. The SMILES string of the molecule is COc1ccc(-c2cnc3c(Nc4cc(F)c(C(=O)N5CCN(C(=O)[C@@H]6C[C@@H](O)CN6)CC5)c(Cl)c4)nccn23)c(F)c1F.Cl.Cl. The van der Waals surface area contributed by atoms with E-state index in [1.807, 2.05) is 0 Å². The minimum Gasteiger partial charge on any atom is -0.494 e. The minimum atomic E-state index is -1.13. The normalized spacial score (nSPS) is 17.8. The predicted molar refractivity (Wildman–Crippen MR) is 169 cm³/mol. The van der Waals surface area contributed by atoms with Gasteiger partial charge in [0, 0.05) is 56.4 Å². The molecule has 246 valence electrons. The molecule has 0 saturated carbocycles. The maximum Gasteiger partial charge on any atom is 0.258 e. The molecule has 2 aliphatic heterocycles. The van der Waals surface area contributed by atoms with Crippen LogP contribution < -0.4 is 15.4 Å². The maximum atomic E-state index is 15.4. The molecule has 2 aliphatic rings. The van der Waals surface area contributed by atoms with Crippen molar-refractivity contribution in [2.75, 3.05) is 45.2 Å². The lowest BCUT2D eigenvalue weighted by atomic mass is 10.1. The highest BCUT2D eigenvalue weighted by atomic mass is 35.5. The van der Waals surface area contributed by atoms with E-state index in [4.69, 9.17) is 16.3 Å². The minimum absolute atomic E-state index is 0. The number of nitrogens with zero attached hydrogens (tertiary/aromatic N) is 5. The molecule has 0 aliphatic carbocycles. The van der Waals surface area contributed by atoms with Gasteiger partial charge in [0.05, 0.1) is 41.7 Å². The number of imidazole rings is 1. The summed E-state index contributed by atoms with van der Waals surface area (Å²) in [7, 11) is 1.24. The summed E-state index contributed by atoms with van der Waals surface area (Å²) in [4.78, 5) is 37.5. The molecular weight excluding hydrogens is 674 g/mol. The number of carbonyl (C=O) groups excluding carboxylic acids is 2. The van der Waals surface area contributed by atoms with E-state index in [1.165, 1.54) is 53.2 Å². The quantitative estimate of drug-likeness (QED) is 0.275. The fourth-order valence-corrected chi connectivity index (χ4v) is 5.78. The molecule has 0 radical (unpaired) electrons. The molecule has 0 unspecified atom stereocenters. The lowest BCUT2D eigenvalue weighted by Gasteiger charge is -2.36. The lowest BCUT2D eigenvalue weighted by molar-refractivity contribution is -0.134. The number of nitrogens with one attached hydrogen (secondary N) is 2. The van der Waals surface area contributed by atoms with Gasteiger partial charge in [0.15, 0.2) is 23.0 Å². The molecule has 4 aromatic rings. The summed E-state index contributed by atoms with van der Waals surface area (Å²) in [5.74, 6) is -3.90. The third-order valence-electron chi connectivity index (χ3n) is 7.77. The Morgan fingerprint density at radius 1 is 1.07 bits per heavy atom. The van der Waals surface area contributed by atoms with Crippen LogP contribution in [0.2, 0.25) is 5.02 Å². The van der Waals surface area contributed by atoms with E-state index in [9.17, 15) is 23.5 Å². The Morgan fingerprint density at radius 3 is 2.43 bits per heavy atom. The van der Waals surface area contributed by atoms with Crippen LogP contribution in [0.5, 0.6) is 5.75 Å². The Hall–Kier alpha value is -3.82. The number of aliphatic hydroxyl groups is 1. The maximum absolute atomic E-state index is 15.4. The van der Waals surface area contributed by atoms with Crippen molar-refractivity contribution in [2.24, 2.45) is 0 Å². The van der Waals surface area contributed by atoms with Crippen molar-refractivity contribution in [3.8, 4) is 17.0 Å². The highest BCUT2D eigenvalue weighted by molar-refractivity contribution is 6.34. The van der Waals surface area contributed by atoms with E-state index in [0.717, 1.165) is 6.07 Å². The van der Waals surface area contributed by atoms with Crippen molar-refractivity contribution in [3.05, 3.63) is 70.9 Å². The highest BCUT2D eigenvalue weighted by Gasteiger charge is 2.34. The van der Waals surface area contributed by atoms with Gasteiger partial charge in [-0.15, -0.1) is 24.8 Å². The molecule has 3 N–H and O–H groups in total. The number of anilines is 2. The number of benzene rings is 2. The van der Waals surface area contributed by atoms with Crippen LogP contribution in [-0.2, 0) is 4.79 Å². The first-order chi connectivity index (χ1) is 21.2. The fraction of sp³-hybridized carbons (Fsp3) is 0.310. The van der Waals surface area contributed by atoms with Gasteiger partial charge in [0.2, 0.25) is 11.7 Å². The average Bonchev–Trinajstić information content (AvgIpc) is 3.65. The molecule has 2 aromatic carbocycles. The summed E-state index contributed by atoms with van der Waals surface area (Å²) in [5.41, 5.74) is 0.309. The number of methoxy groups -OCH3 is 1. The molecule has 11 nitrogen and oxygen atoms in total. The van der Waals surface area contributed by atoms with Crippen molar-refractivity contribution >= 4 is 65.4 Å². The summed E-state index contributed by atoms with van der Waals surface area (Å²) < 4.78 is 50.8. The molecule has 2 amide bonds. The first-order valence-corrected chi connectivity index (χ1v) is 14.1. The van der Waals surface area contributed by atoms with Crippen LogP contribution in [0.25, 0.3) is 16.9 Å². The van der Waals surface area contributed by atoms with Gasteiger partial charge >= 0.3 is 0 Å². The lowest BCUT2D eigenvalue weighted by Crippen LogP contribution is -2.54. The second-order valence-corrected chi connectivity index (χ2v) is 10.9. The number of rotatable bonds is 6. The summed E-state index contributed by atoms with van der Waals surface area (Å²) >= 11 is 6.40. The fourth-order valence-electron chi connectivity index (χ4n) is 5.49. The van der Waals surface area contributed by atoms with Crippen LogP contribution in [0.3, 0.4) is 0 Å². The van der Waals surface area contributed by atoms with E-state index >= 15 is 4.39 Å². The molecule has 6 rings (SSSR count). The number of halogens is 6. The smallest absolute Gasteiger partial charge is 0.258 e. The van der Waals surface area contributed by atoms with Crippen LogP contribution in [0, 0.1) is 17.5 Å². The molecule has 4 heterocycles. The summed E-state index contributed by atoms with van der Waals surface area (Å²) in [5, 5.41) is 15.5. The van der Waals surface area contributed by atoms with Crippen molar-refractivity contribution < 1.29 is 32.6 Å². The van der Waals surface area contributed by atoms with Gasteiger partial charge in [-0.1, -0.05) is 11.6 Å². The first-order valence-electron chi connectivity index (χ1n) is 13.8. The van der Waals surface area contributed by atoms with E-state index in [-0.39, 0.29) is 102 Å². The molecule has 17 heteroatoms. The Morgan fingerprint density at radius 2 is 1.78 bits per heavy atom. The van der Waals surface area contributed by atoms with Gasteiger partial charge < -0.3 is 30.3 Å². The van der Waals surface area contributed by atoms with Gasteiger partial charge in [-0.25, -0.2) is 18.7 Å². The zero-order valence-electron chi connectivity index (χ0n) is 24.2. The second kappa shape index (κ2) is 14.3. The van der Waals surface area contributed by atoms with Crippen molar-refractivity contribution in [2.45, 2.75) is 18.6 Å². The molecule has 0 spiro atoms. The summed E-state index contributed by atoms with van der Waals surface area (Å²) in [6.45, 7) is 1.29. The number of aliphatic hydroxyl groups excluding tert-OH is 1. The Balaban J connectivity index is 0.00000240. The molecule has 2 saturated heterocycles. The van der Waals surface area contributed by atoms with Crippen LogP contribution in [0.15, 0.2) is 42.9 Å². The van der Waals surface area contributed by atoms with Crippen molar-refractivity contribution in [1.82, 2.24) is 29.5 Å². The van der Waals surface area contributed by atoms with E-state index in [0.29, 0.717) is 13.0 Å². The molecule has 46 heavy (non-hydrogen) atoms. The summed E-state index contributed by atoms with van der Waals surface area (Å²) in [6.07, 6.45) is 4.05. The van der Waals surface area contributed by atoms with Crippen LogP contribution in [-0.4, -0.2) is 93.1 Å². The standard InChI is InChI=1S/C29H27ClF3N7O4.2ClH/c1-44-22-3-2-17(24(32)25(22)33)21-14-36-27-26(34-4-5-40(21)27)37-15-10-18(30)23(19(31)11-15)29(43)39-8-6-38(7-9-39)28(42)20-12-16(41)13-35-20;;/h2-5,10-11,14,16,20,35,41H,6-9,12-13H2,1H3,(H,34,37);2*1H/t16-,20+;;/m1../s1.